The number of rotatable bonds is 11. The van der Waals surface area contributed by atoms with Crippen LogP contribution in [0.2, 0.25) is 0 Å². The number of aliphatic carboxylic acids is 1. The first-order valence-electron chi connectivity index (χ1n) is 10.4. The Hall–Kier alpha value is -2.25. The fraction of sp³-hybridized carbons (Fsp3) is 0.591. The van der Waals surface area contributed by atoms with Gasteiger partial charge in [0.1, 0.15) is 6.04 Å². The summed E-state index contributed by atoms with van der Waals surface area (Å²) >= 11 is 0. The summed E-state index contributed by atoms with van der Waals surface area (Å²) in [5, 5.41) is 12.7. The molecule has 1 aromatic carbocycles. The Kier molecular flexibility index (Phi) is 9.28. The van der Waals surface area contributed by atoms with Crippen molar-refractivity contribution in [2.75, 3.05) is 19.7 Å². The van der Waals surface area contributed by atoms with E-state index in [1.54, 1.807) is 18.7 Å². The number of Topliss-reactive ketones (excluding diaryl/α,β-unsaturated/α-hetero) is 1. The monoisotopic (exact) mass is 404 g/mol. The molecule has 0 radical (unpaired) electrons. The van der Waals surface area contributed by atoms with Gasteiger partial charge in [-0.15, -0.1) is 0 Å². The van der Waals surface area contributed by atoms with Crippen molar-refractivity contribution in [3.8, 4) is 0 Å². The molecule has 1 aromatic rings. The van der Waals surface area contributed by atoms with Gasteiger partial charge < -0.3 is 9.84 Å². The summed E-state index contributed by atoms with van der Waals surface area (Å²) in [5.41, 5.74) is 1.08. The number of carbonyl (C=O) groups excluding carboxylic acids is 2. The summed E-state index contributed by atoms with van der Waals surface area (Å²) in [6.45, 7) is 4.81. The van der Waals surface area contributed by atoms with Crippen molar-refractivity contribution in [2.45, 2.75) is 64.1 Å². The molecule has 1 fully saturated rings. The smallest absolute Gasteiger partial charge is 0.328 e. The first kappa shape index (κ1) is 23.0. The molecule has 29 heavy (non-hydrogen) atoms. The maximum Gasteiger partial charge on any atom is 0.328 e. The molecular weight excluding hydrogens is 372 g/mol. The number of hydrogen-bond acceptors (Lipinski definition) is 6. The number of nitrogens with zero attached hydrogens (tertiary/aromatic N) is 1. The van der Waals surface area contributed by atoms with Crippen molar-refractivity contribution in [2.24, 2.45) is 0 Å². The lowest BCUT2D eigenvalue weighted by Gasteiger charge is -2.33. The van der Waals surface area contributed by atoms with Crippen molar-refractivity contribution in [1.82, 2.24) is 10.2 Å². The van der Waals surface area contributed by atoms with Crippen LogP contribution >= 0.6 is 0 Å². The average molecular weight is 405 g/mol. The van der Waals surface area contributed by atoms with Crippen LogP contribution in [-0.4, -0.2) is 65.6 Å². The number of aryl methyl sites for hydroxylation is 1. The summed E-state index contributed by atoms with van der Waals surface area (Å²) in [7, 11) is 0. The largest absolute Gasteiger partial charge is 0.480 e. The van der Waals surface area contributed by atoms with E-state index >= 15 is 0 Å². The quantitative estimate of drug-likeness (QED) is 0.430. The molecule has 3 atom stereocenters. The molecule has 0 bridgehead atoms. The SMILES string of the molecule is CCOC(=O)[C@H](CCc1ccccc1)N[C@@H](C)C(=O)[C@@H](C(=O)O)N1CCCCC1. The Labute approximate surface area is 172 Å². The molecule has 0 amide bonds. The Morgan fingerprint density at radius 1 is 1.14 bits per heavy atom. The molecule has 0 unspecified atom stereocenters. The highest BCUT2D eigenvalue weighted by atomic mass is 16.5. The topological polar surface area (TPSA) is 95.9 Å². The predicted molar refractivity (Wildman–Crippen MR) is 110 cm³/mol. The highest BCUT2D eigenvalue weighted by molar-refractivity contribution is 6.05. The predicted octanol–water partition coefficient (Wildman–Crippen LogP) is 2.04. The first-order chi connectivity index (χ1) is 13.9. The number of nitrogens with one attached hydrogen (secondary N) is 1. The molecule has 7 nitrogen and oxygen atoms in total. The van der Waals surface area contributed by atoms with Gasteiger partial charge in [-0.25, -0.2) is 0 Å². The van der Waals surface area contributed by atoms with Gasteiger partial charge in [-0.05, 0) is 58.2 Å². The van der Waals surface area contributed by atoms with Crippen molar-refractivity contribution >= 4 is 17.7 Å². The van der Waals surface area contributed by atoms with Crippen LogP contribution in [0.5, 0.6) is 0 Å². The van der Waals surface area contributed by atoms with Crippen molar-refractivity contribution in [3.63, 3.8) is 0 Å². The molecule has 2 rings (SSSR count). The van der Waals surface area contributed by atoms with Crippen LogP contribution in [-0.2, 0) is 25.5 Å². The van der Waals surface area contributed by atoms with E-state index in [1.807, 2.05) is 30.3 Å². The number of benzene rings is 1. The van der Waals surface area contributed by atoms with Gasteiger partial charge in [0.2, 0.25) is 0 Å². The number of esters is 1. The van der Waals surface area contributed by atoms with E-state index < -0.39 is 35.8 Å². The Morgan fingerprint density at radius 2 is 1.79 bits per heavy atom. The van der Waals surface area contributed by atoms with Gasteiger partial charge in [0.05, 0.1) is 12.6 Å². The van der Waals surface area contributed by atoms with Gasteiger partial charge in [-0.1, -0.05) is 36.8 Å². The third-order valence-corrected chi connectivity index (χ3v) is 5.27. The zero-order valence-corrected chi connectivity index (χ0v) is 17.3. The van der Waals surface area contributed by atoms with Gasteiger partial charge >= 0.3 is 11.9 Å². The zero-order valence-electron chi connectivity index (χ0n) is 17.3. The van der Waals surface area contributed by atoms with E-state index in [0.717, 1.165) is 24.8 Å². The van der Waals surface area contributed by atoms with E-state index in [0.29, 0.717) is 25.9 Å². The molecule has 0 saturated carbocycles. The summed E-state index contributed by atoms with van der Waals surface area (Å²) in [6, 6.07) is 7.12. The average Bonchev–Trinajstić information content (AvgIpc) is 2.72. The van der Waals surface area contributed by atoms with Crippen LogP contribution in [0.1, 0.15) is 45.1 Å². The molecule has 2 N–H and O–H groups in total. The molecule has 160 valence electrons. The lowest BCUT2D eigenvalue weighted by molar-refractivity contribution is -0.149. The highest BCUT2D eigenvalue weighted by Crippen LogP contribution is 2.15. The summed E-state index contributed by atoms with van der Waals surface area (Å²) in [5.74, 6) is -1.98. The van der Waals surface area contributed by atoms with Gasteiger partial charge in [0.15, 0.2) is 11.8 Å². The molecule has 1 heterocycles. The maximum absolute atomic E-state index is 12.9. The summed E-state index contributed by atoms with van der Waals surface area (Å²) in [4.78, 5) is 38.9. The van der Waals surface area contributed by atoms with E-state index in [-0.39, 0.29) is 6.61 Å². The molecule has 1 aliphatic rings. The lowest BCUT2D eigenvalue weighted by atomic mass is 9.99. The lowest BCUT2D eigenvalue weighted by Crippen LogP contribution is -2.56. The second-order valence-electron chi connectivity index (χ2n) is 7.46. The van der Waals surface area contributed by atoms with Crippen LogP contribution in [0.15, 0.2) is 30.3 Å². The number of piperidine rings is 1. The van der Waals surface area contributed by atoms with Gasteiger partial charge in [0.25, 0.3) is 0 Å². The minimum absolute atomic E-state index is 0.246. The molecule has 1 aliphatic heterocycles. The Balaban J connectivity index is 2.05. The van der Waals surface area contributed by atoms with Gasteiger partial charge in [0, 0.05) is 0 Å². The molecular formula is C22H32N2O5. The molecule has 7 heteroatoms. The number of carboxylic acid groups (broad SMARTS) is 1. The third kappa shape index (κ3) is 6.94. The summed E-state index contributed by atoms with van der Waals surface area (Å²) < 4.78 is 5.16. The fourth-order valence-electron chi connectivity index (χ4n) is 3.72. The third-order valence-electron chi connectivity index (χ3n) is 5.27. The first-order valence-corrected chi connectivity index (χ1v) is 10.4. The van der Waals surface area contributed by atoms with Crippen LogP contribution in [0.3, 0.4) is 0 Å². The number of likely N-dealkylation sites (tertiary alicyclic amines) is 1. The standard InChI is InChI=1S/C22H32N2O5/c1-3-29-22(28)18(13-12-17-10-6-4-7-11-17)23-16(2)20(25)19(21(26)27)24-14-8-5-9-15-24/h4,6-7,10-11,16,18-19,23H,3,5,8-9,12-15H2,1-2H3,(H,26,27)/t16-,18-,19-/m0/s1. The summed E-state index contributed by atoms with van der Waals surface area (Å²) in [6.07, 6.45) is 3.94. The van der Waals surface area contributed by atoms with Crippen LogP contribution in [0.4, 0.5) is 0 Å². The van der Waals surface area contributed by atoms with Crippen LogP contribution in [0.25, 0.3) is 0 Å². The van der Waals surface area contributed by atoms with Crippen molar-refractivity contribution < 1.29 is 24.2 Å². The van der Waals surface area contributed by atoms with Crippen molar-refractivity contribution in [1.29, 1.82) is 0 Å². The van der Waals surface area contributed by atoms with E-state index in [4.69, 9.17) is 4.74 Å². The normalized spacial score (nSPS) is 17.9. The second-order valence-corrected chi connectivity index (χ2v) is 7.46. The maximum atomic E-state index is 12.9. The molecule has 0 aliphatic carbocycles. The molecule has 1 saturated heterocycles. The number of ether oxygens (including phenoxy) is 1. The van der Waals surface area contributed by atoms with Gasteiger partial charge in [-0.2, -0.15) is 0 Å². The second kappa shape index (κ2) is 11.7. The molecule has 0 aromatic heterocycles. The highest BCUT2D eigenvalue weighted by Gasteiger charge is 2.37. The minimum atomic E-state index is -1.19. The van der Waals surface area contributed by atoms with Gasteiger partial charge in [-0.3, -0.25) is 24.6 Å². The number of hydrogen-bond donors (Lipinski definition) is 2. The van der Waals surface area contributed by atoms with E-state index in [1.165, 1.54) is 0 Å². The van der Waals surface area contributed by atoms with Crippen molar-refractivity contribution in [3.05, 3.63) is 35.9 Å². The minimum Gasteiger partial charge on any atom is -0.480 e. The van der Waals surface area contributed by atoms with E-state index in [9.17, 15) is 19.5 Å². The fourth-order valence-corrected chi connectivity index (χ4v) is 3.72. The number of carbonyl (C=O) groups is 3. The Bertz CT molecular complexity index is 673. The van der Waals surface area contributed by atoms with E-state index in [2.05, 4.69) is 5.32 Å². The zero-order chi connectivity index (χ0) is 21.2. The molecule has 0 spiro atoms. The number of carboxylic acids is 1. The Morgan fingerprint density at radius 3 is 2.38 bits per heavy atom. The van der Waals surface area contributed by atoms with Crippen LogP contribution < -0.4 is 5.32 Å². The van der Waals surface area contributed by atoms with Crippen LogP contribution in [0, 0.1) is 0 Å². The number of ketones is 1.